The Morgan fingerprint density at radius 2 is 1.21 bits per heavy atom. The van der Waals surface area contributed by atoms with Crippen LogP contribution < -0.4 is 5.32 Å². The Bertz CT molecular complexity index is 1880. The van der Waals surface area contributed by atoms with Gasteiger partial charge in [-0.25, -0.2) is 4.79 Å². The molecule has 1 aliphatic rings. The normalized spacial score (nSPS) is 20.3. The van der Waals surface area contributed by atoms with Crippen molar-refractivity contribution in [1.29, 1.82) is 0 Å². The zero-order chi connectivity index (χ0) is 39.2. The molecule has 1 amide bonds. The zero-order valence-corrected chi connectivity index (χ0v) is 32.2. The third kappa shape index (κ3) is 12.3. The van der Waals surface area contributed by atoms with Crippen LogP contribution in [0.3, 0.4) is 0 Å². The molecule has 0 unspecified atom stereocenters. The largest absolute Gasteiger partial charge is 0.444 e. The molecule has 0 bridgehead atoms. The average Bonchev–Trinajstić information content (AvgIpc) is 3.67. The first kappa shape index (κ1) is 40.7. The van der Waals surface area contributed by atoms with Crippen LogP contribution in [0.25, 0.3) is 0 Å². The number of amides is 1. The molecule has 2 N–H and O–H groups in total. The summed E-state index contributed by atoms with van der Waals surface area (Å²) in [6, 6.07) is 39.1. The summed E-state index contributed by atoms with van der Waals surface area (Å²) in [7, 11) is 0. The van der Waals surface area contributed by atoms with Crippen LogP contribution in [0, 0.1) is 0 Å². The van der Waals surface area contributed by atoms with Gasteiger partial charge in [-0.3, -0.25) is 4.68 Å². The molecule has 1 saturated heterocycles. The fraction of sp³-hybridized carbons (Fsp3) is 0.386. The molecule has 0 spiro atoms. The van der Waals surface area contributed by atoms with E-state index in [9.17, 15) is 9.90 Å². The summed E-state index contributed by atoms with van der Waals surface area (Å²) in [6.07, 6.45) is -2.22. The smallest absolute Gasteiger partial charge is 0.408 e. The molecule has 6 rings (SSSR count). The van der Waals surface area contributed by atoms with E-state index in [-0.39, 0.29) is 26.4 Å². The van der Waals surface area contributed by atoms with Crippen molar-refractivity contribution in [1.82, 2.24) is 20.3 Å². The lowest BCUT2D eigenvalue weighted by Crippen LogP contribution is -2.58. The number of rotatable bonds is 18. The molecular weight excluding hydrogens is 713 g/mol. The van der Waals surface area contributed by atoms with Gasteiger partial charge in [-0.1, -0.05) is 127 Å². The molecule has 12 nitrogen and oxygen atoms in total. The third-order valence-electron chi connectivity index (χ3n) is 9.08. The molecule has 2 heterocycles. The van der Waals surface area contributed by atoms with Gasteiger partial charge in [0.2, 0.25) is 0 Å². The van der Waals surface area contributed by atoms with Crippen LogP contribution in [0.4, 0.5) is 4.79 Å². The van der Waals surface area contributed by atoms with E-state index in [0.29, 0.717) is 25.5 Å². The Morgan fingerprint density at radius 3 is 1.71 bits per heavy atom. The van der Waals surface area contributed by atoms with Crippen molar-refractivity contribution in [3.63, 3.8) is 0 Å². The average molecular weight is 765 g/mol. The van der Waals surface area contributed by atoms with Crippen LogP contribution in [-0.4, -0.2) is 75.5 Å². The van der Waals surface area contributed by atoms with Crippen molar-refractivity contribution in [3.05, 3.63) is 155 Å². The lowest BCUT2D eigenvalue weighted by molar-refractivity contribution is -0.275. The van der Waals surface area contributed by atoms with Crippen LogP contribution in [0.1, 0.15) is 54.8 Å². The molecule has 12 heteroatoms. The fourth-order valence-corrected chi connectivity index (χ4v) is 6.41. The highest BCUT2D eigenvalue weighted by atomic mass is 16.6. The quantitative estimate of drug-likeness (QED) is 0.101. The van der Waals surface area contributed by atoms with Crippen molar-refractivity contribution >= 4 is 6.09 Å². The Hall–Kier alpha value is -4.95. The molecule has 56 heavy (non-hydrogen) atoms. The summed E-state index contributed by atoms with van der Waals surface area (Å²) in [5.74, 6) is 0. The molecule has 1 aliphatic heterocycles. The molecule has 0 aliphatic carbocycles. The zero-order valence-electron chi connectivity index (χ0n) is 32.2. The number of aliphatic hydroxyl groups excluding tert-OH is 1. The maximum Gasteiger partial charge on any atom is 0.408 e. The number of benzene rings is 4. The van der Waals surface area contributed by atoms with E-state index in [1.54, 1.807) is 31.6 Å². The Morgan fingerprint density at radius 1 is 0.732 bits per heavy atom. The van der Waals surface area contributed by atoms with Gasteiger partial charge in [0.1, 0.15) is 41.8 Å². The number of nitrogens with one attached hydrogen (secondary N) is 1. The Balaban J connectivity index is 1.32. The predicted molar refractivity (Wildman–Crippen MR) is 209 cm³/mol. The fourth-order valence-electron chi connectivity index (χ4n) is 6.41. The standard InChI is InChI=1S/C44H52N4O8/c1-44(2,3)56-43(50)45-36(26-49)24-48-25-37(46-47-48)39-41(53-29-34-20-12-6-13-21-34)42(54-30-35-22-14-7-15-23-35)40(52-28-33-18-10-5-11-19-33)38(55-39)31-51-27-32-16-8-4-9-17-32/h4-23,25,36,38-42,49H,24,26-31H2,1-3H3,(H,45,50)/t36-,38+,39-,40+,41-,42-/m0/s1. The second-order valence-electron chi connectivity index (χ2n) is 14.8. The number of ether oxygens (including phenoxy) is 6. The van der Waals surface area contributed by atoms with E-state index in [2.05, 4.69) is 15.6 Å². The number of alkyl carbamates (subject to hydrolysis) is 1. The van der Waals surface area contributed by atoms with E-state index < -0.39 is 48.3 Å². The summed E-state index contributed by atoms with van der Waals surface area (Å²) in [5.41, 5.74) is 3.80. The van der Waals surface area contributed by atoms with Crippen molar-refractivity contribution in [2.24, 2.45) is 0 Å². The number of carbonyl (C=O) groups excluding carboxylic acids is 1. The molecule has 1 aromatic heterocycles. The van der Waals surface area contributed by atoms with E-state index in [1.807, 2.05) is 121 Å². The first-order valence-corrected chi connectivity index (χ1v) is 19.0. The van der Waals surface area contributed by atoms with Gasteiger partial charge in [0.05, 0.1) is 58.4 Å². The molecule has 6 atom stereocenters. The minimum atomic E-state index is -0.762. The molecule has 0 saturated carbocycles. The van der Waals surface area contributed by atoms with E-state index in [4.69, 9.17) is 28.4 Å². The van der Waals surface area contributed by atoms with Gasteiger partial charge in [0, 0.05) is 0 Å². The van der Waals surface area contributed by atoms with E-state index >= 15 is 0 Å². The van der Waals surface area contributed by atoms with E-state index in [0.717, 1.165) is 22.3 Å². The molecule has 4 aromatic carbocycles. The van der Waals surface area contributed by atoms with Crippen molar-refractivity contribution < 1.29 is 38.3 Å². The SMILES string of the molecule is CC(C)(C)OC(=O)N[C@H](CO)Cn1cc([C@@H]2O[C@H](COCc3ccccc3)[C@@H](OCc3ccccc3)[C@H](OCc3ccccc3)[C@H]2OCc2ccccc2)nn1. The lowest BCUT2D eigenvalue weighted by atomic mass is 9.92. The third-order valence-corrected chi connectivity index (χ3v) is 9.08. The second kappa shape index (κ2) is 20.3. The van der Waals surface area contributed by atoms with Gasteiger partial charge in [-0.2, -0.15) is 0 Å². The van der Waals surface area contributed by atoms with Crippen molar-refractivity contribution in [2.45, 2.75) is 95.9 Å². The highest BCUT2D eigenvalue weighted by Crippen LogP contribution is 2.38. The maximum atomic E-state index is 12.5. The van der Waals surface area contributed by atoms with Crippen LogP contribution in [0.2, 0.25) is 0 Å². The van der Waals surface area contributed by atoms with Crippen LogP contribution in [0.5, 0.6) is 0 Å². The highest BCUT2D eigenvalue weighted by Gasteiger charge is 2.50. The summed E-state index contributed by atoms with van der Waals surface area (Å²) >= 11 is 0. The van der Waals surface area contributed by atoms with Crippen molar-refractivity contribution in [2.75, 3.05) is 13.2 Å². The first-order valence-electron chi connectivity index (χ1n) is 19.0. The Labute approximate surface area is 328 Å². The summed E-state index contributed by atoms with van der Waals surface area (Å²) in [5, 5.41) is 21.8. The minimum absolute atomic E-state index is 0.130. The van der Waals surface area contributed by atoms with Gasteiger partial charge >= 0.3 is 6.09 Å². The minimum Gasteiger partial charge on any atom is -0.444 e. The van der Waals surface area contributed by atoms with Gasteiger partial charge in [0.15, 0.2) is 0 Å². The van der Waals surface area contributed by atoms with Gasteiger partial charge in [-0.05, 0) is 43.0 Å². The molecule has 0 radical (unpaired) electrons. The number of carbonyl (C=O) groups is 1. The monoisotopic (exact) mass is 764 g/mol. The maximum absolute atomic E-state index is 12.5. The number of hydrogen-bond acceptors (Lipinski definition) is 10. The molecule has 1 fully saturated rings. The van der Waals surface area contributed by atoms with Crippen LogP contribution in [0.15, 0.2) is 128 Å². The number of hydrogen-bond donors (Lipinski definition) is 2. The topological polar surface area (TPSA) is 135 Å². The van der Waals surface area contributed by atoms with Crippen LogP contribution >= 0.6 is 0 Å². The summed E-state index contributed by atoms with van der Waals surface area (Å²) < 4.78 is 40.6. The number of nitrogens with zero attached hydrogens (tertiary/aromatic N) is 3. The molecule has 296 valence electrons. The molecular formula is C44H52N4O8. The summed E-state index contributed by atoms with van der Waals surface area (Å²) in [6.45, 7) is 6.58. The lowest BCUT2D eigenvalue weighted by Gasteiger charge is -2.45. The number of aliphatic hydroxyl groups is 1. The van der Waals surface area contributed by atoms with Gasteiger partial charge in [-0.15, -0.1) is 5.10 Å². The van der Waals surface area contributed by atoms with Crippen molar-refractivity contribution in [3.8, 4) is 0 Å². The van der Waals surface area contributed by atoms with E-state index in [1.165, 1.54) is 0 Å². The first-order chi connectivity index (χ1) is 27.2. The molecule has 5 aromatic rings. The summed E-state index contributed by atoms with van der Waals surface area (Å²) in [4.78, 5) is 12.5. The Kier molecular flexibility index (Phi) is 14.7. The van der Waals surface area contributed by atoms with Crippen LogP contribution in [-0.2, 0) is 61.4 Å². The predicted octanol–water partition coefficient (Wildman–Crippen LogP) is 6.58. The van der Waals surface area contributed by atoms with Gasteiger partial charge in [0.25, 0.3) is 0 Å². The second-order valence-corrected chi connectivity index (χ2v) is 14.8. The highest BCUT2D eigenvalue weighted by molar-refractivity contribution is 5.68. The van der Waals surface area contributed by atoms with Gasteiger partial charge < -0.3 is 38.8 Å². The number of aromatic nitrogens is 3.